The number of carbonyl (C=O) groups is 2. The van der Waals surface area contributed by atoms with Crippen LogP contribution in [0.5, 0.6) is 0 Å². The Morgan fingerprint density at radius 1 is 0.895 bits per heavy atom. The molecule has 38 heavy (non-hydrogen) atoms. The summed E-state index contributed by atoms with van der Waals surface area (Å²) in [6.45, 7) is 6.29. The first kappa shape index (κ1) is 24.9. The molecule has 3 aliphatic heterocycles. The summed E-state index contributed by atoms with van der Waals surface area (Å²) >= 11 is 0. The Balaban J connectivity index is 1.10. The first-order valence-corrected chi connectivity index (χ1v) is 13.9. The monoisotopic (exact) mass is 519 g/mol. The lowest BCUT2D eigenvalue weighted by Crippen LogP contribution is -2.44. The van der Waals surface area contributed by atoms with Gasteiger partial charge in [-0.1, -0.05) is 12.1 Å². The number of piperidine rings is 1. The Kier molecular flexibility index (Phi) is 6.82. The van der Waals surface area contributed by atoms with Gasteiger partial charge in [-0.25, -0.2) is 9.78 Å². The molecule has 1 aromatic heterocycles. The number of likely N-dealkylation sites (tertiary alicyclic amines) is 1. The Labute approximate surface area is 223 Å². The molecule has 2 N–H and O–H groups in total. The maximum atomic E-state index is 13.0. The predicted molar refractivity (Wildman–Crippen MR) is 145 cm³/mol. The fraction of sp³-hybridized carbons (Fsp3) is 0.571. The zero-order valence-corrected chi connectivity index (χ0v) is 22.1. The number of rotatable bonds is 4. The summed E-state index contributed by atoms with van der Waals surface area (Å²) in [6.07, 6.45) is 3.86. The number of aromatic nitrogens is 2. The number of fused-ring (bicyclic) bond motifs is 1. The van der Waals surface area contributed by atoms with Crippen molar-refractivity contribution in [3.8, 4) is 11.3 Å². The molecule has 0 spiro atoms. The average molecular weight is 520 g/mol. The van der Waals surface area contributed by atoms with Crippen molar-refractivity contribution in [2.24, 2.45) is 5.92 Å². The minimum atomic E-state index is -0.267. The van der Waals surface area contributed by atoms with Crippen LogP contribution in [-0.4, -0.2) is 95.6 Å². The Morgan fingerprint density at radius 3 is 2.39 bits per heavy atom. The maximum Gasteiger partial charge on any atom is 0.410 e. The molecule has 1 aliphatic carbocycles. The van der Waals surface area contributed by atoms with Crippen LogP contribution in [0.15, 0.2) is 24.3 Å². The van der Waals surface area contributed by atoms with Crippen molar-refractivity contribution in [1.82, 2.24) is 24.7 Å². The van der Waals surface area contributed by atoms with Gasteiger partial charge in [0.1, 0.15) is 11.9 Å². The van der Waals surface area contributed by atoms with E-state index in [4.69, 9.17) is 10.5 Å². The summed E-state index contributed by atoms with van der Waals surface area (Å²) in [5.74, 6) is 1.64. The smallest absolute Gasteiger partial charge is 0.410 e. The van der Waals surface area contributed by atoms with Crippen molar-refractivity contribution in [2.45, 2.75) is 44.8 Å². The van der Waals surface area contributed by atoms with Crippen LogP contribution in [0.2, 0.25) is 0 Å². The number of likely N-dealkylation sites (N-methyl/N-ethyl adjacent to an activating group) is 1. The largest absolute Gasteiger partial charge is 0.446 e. The van der Waals surface area contributed by atoms with Gasteiger partial charge in [-0.2, -0.15) is 4.98 Å². The lowest BCUT2D eigenvalue weighted by Gasteiger charge is -2.34. The van der Waals surface area contributed by atoms with Crippen molar-refractivity contribution in [3.05, 3.63) is 35.4 Å². The number of hydrogen-bond donors (Lipinski definition) is 1. The number of anilines is 2. The molecule has 1 aromatic carbocycles. The molecular formula is C28H37N7O3. The second kappa shape index (κ2) is 10.4. The second-order valence-corrected chi connectivity index (χ2v) is 11.1. The van der Waals surface area contributed by atoms with Crippen molar-refractivity contribution in [1.29, 1.82) is 0 Å². The van der Waals surface area contributed by atoms with Crippen LogP contribution < -0.4 is 10.6 Å². The first-order chi connectivity index (χ1) is 18.4. The molecule has 0 bridgehead atoms. The number of ether oxygens (including phenoxy) is 1. The number of benzene rings is 1. The molecule has 1 saturated carbocycles. The van der Waals surface area contributed by atoms with Crippen LogP contribution in [-0.2, 0) is 22.5 Å². The van der Waals surface area contributed by atoms with Crippen molar-refractivity contribution in [3.63, 3.8) is 0 Å². The highest BCUT2D eigenvalue weighted by Gasteiger charge is 2.36. The Bertz CT molecular complexity index is 1200. The Morgan fingerprint density at radius 2 is 1.66 bits per heavy atom. The van der Waals surface area contributed by atoms with Gasteiger partial charge in [-0.3, -0.25) is 4.79 Å². The van der Waals surface area contributed by atoms with E-state index < -0.39 is 0 Å². The zero-order valence-electron chi connectivity index (χ0n) is 22.1. The van der Waals surface area contributed by atoms with E-state index in [-0.39, 0.29) is 30.0 Å². The van der Waals surface area contributed by atoms with Crippen LogP contribution in [0.3, 0.4) is 0 Å². The van der Waals surface area contributed by atoms with Gasteiger partial charge < -0.3 is 30.1 Å². The maximum absolute atomic E-state index is 13.0. The molecule has 0 unspecified atom stereocenters. The molecule has 202 valence electrons. The van der Waals surface area contributed by atoms with Gasteiger partial charge in [-0.05, 0) is 43.5 Å². The molecule has 0 atom stereocenters. The van der Waals surface area contributed by atoms with Crippen molar-refractivity contribution >= 4 is 23.8 Å². The molecule has 10 nitrogen and oxygen atoms in total. The molecular weight excluding hydrogens is 482 g/mol. The van der Waals surface area contributed by atoms with E-state index in [9.17, 15) is 9.59 Å². The van der Waals surface area contributed by atoms with Crippen molar-refractivity contribution in [2.75, 3.05) is 63.5 Å². The fourth-order valence-corrected chi connectivity index (χ4v) is 5.67. The topological polar surface area (TPSA) is 108 Å². The summed E-state index contributed by atoms with van der Waals surface area (Å²) in [7, 11) is 2.13. The number of nitrogens with zero attached hydrogens (tertiary/aromatic N) is 6. The van der Waals surface area contributed by atoms with E-state index in [1.54, 1.807) is 4.90 Å². The molecule has 2 amide bonds. The van der Waals surface area contributed by atoms with E-state index in [0.717, 1.165) is 68.1 Å². The van der Waals surface area contributed by atoms with Crippen LogP contribution in [0.4, 0.5) is 16.6 Å². The normalized spacial score (nSPS) is 20.8. The number of hydrogen-bond acceptors (Lipinski definition) is 8. The highest BCUT2D eigenvalue weighted by atomic mass is 16.6. The van der Waals surface area contributed by atoms with E-state index in [1.165, 1.54) is 5.56 Å². The first-order valence-electron chi connectivity index (χ1n) is 13.9. The summed E-state index contributed by atoms with van der Waals surface area (Å²) in [4.78, 5) is 42.6. The molecule has 0 radical (unpaired) electrons. The lowest BCUT2D eigenvalue weighted by molar-refractivity contribution is -0.134. The number of nitrogens with two attached hydrogens (primary N) is 1. The van der Waals surface area contributed by atoms with E-state index >= 15 is 0 Å². The third kappa shape index (κ3) is 5.41. The standard InChI is InChI=1S/C28H37N7O3/c1-32-12-14-33(15-13-32)25-17-24(30-27(29)31-25)21-5-2-19-6-9-35(18-22(19)16-21)28(37)38-23-7-10-34(11-8-23)26(36)20-3-4-20/h2,5,16-17,20,23H,3-4,6-15,18H2,1H3,(H2,29,30,31). The van der Waals surface area contributed by atoms with Gasteiger partial charge >= 0.3 is 6.09 Å². The lowest BCUT2D eigenvalue weighted by atomic mass is 9.96. The number of nitrogen functional groups attached to an aromatic ring is 1. The molecule has 4 heterocycles. The fourth-order valence-electron chi connectivity index (χ4n) is 5.67. The third-order valence-electron chi connectivity index (χ3n) is 8.28. The number of carbonyl (C=O) groups excluding carboxylic acids is 2. The van der Waals surface area contributed by atoms with Crippen LogP contribution in [0, 0.1) is 5.92 Å². The molecule has 4 aliphatic rings. The average Bonchev–Trinajstić information content (AvgIpc) is 3.78. The third-order valence-corrected chi connectivity index (χ3v) is 8.28. The SMILES string of the molecule is CN1CCN(c2cc(-c3ccc4c(c3)CN(C(=O)OC3CCN(C(=O)C5CC5)CC3)CC4)nc(N)n2)CC1. The molecule has 2 aromatic rings. The minimum Gasteiger partial charge on any atom is -0.446 e. The van der Waals surface area contributed by atoms with E-state index in [2.05, 4.69) is 45.0 Å². The number of piperazine rings is 1. The van der Waals surface area contributed by atoms with Crippen LogP contribution >= 0.6 is 0 Å². The summed E-state index contributed by atoms with van der Waals surface area (Å²) in [5.41, 5.74) is 10.2. The van der Waals surface area contributed by atoms with Gasteiger partial charge in [0.15, 0.2) is 0 Å². The van der Waals surface area contributed by atoms with Crippen LogP contribution in [0.1, 0.15) is 36.8 Å². The van der Waals surface area contributed by atoms with E-state index in [1.807, 2.05) is 11.0 Å². The van der Waals surface area contributed by atoms with Crippen LogP contribution in [0.25, 0.3) is 11.3 Å². The van der Waals surface area contributed by atoms with Gasteiger partial charge in [0.2, 0.25) is 11.9 Å². The van der Waals surface area contributed by atoms with Crippen molar-refractivity contribution < 1.29 is 14.3 Å². The van der Waals surface area contributed by atoms with Gasteiger partial charge in [0.05, 0.1) is 5.69 Å². The predicted octanol–water partition coefficient (Wildman–Crippen LogP) is 2.37. The molecule has 6 rings (SSSR count). The summed E-state index contributed by atoms with van der Waals surface area (Å²) in [5, 5.41) is 0. The molecule has 2 saturated heterocycles. The van der Waals surface area contributed by atoms with Gasteiger partial charge in [0.25, 0.3) is 0 Å². The quantitative estimate of drug-likeness (QED) is 0.656. The minimum absolute atomic E-state index is 0.129. The zero-order chi connectivity index (χ0) is 26.2. The second-order valence-electron chi connectivity index (χ2n) is 11.1. The van der Waals surface area contributed by atoms with Gasteiger partial charge in [0, 0.05) is 82.7 Å². The molecule has 3 fully saturated rings. The molecule has 10 heteroatoms. The summed E-state index contributed by atoms with van der Waals surface area (Å²) in [6, 6.07) is 8.34. The Hall–Kier alpha value is -3.40. The number of amides is 2. The van der Waals surface area contributed by atoms with E-state index in [0.29, 0.717) is 39.0 Å². The van der Waals surface area contributed by atoms with Gasteiger partial charge in [-0.15, -0.1) is 0 Å². The highest BCUT2D eigenvalue weighted by Crippen LogP contribution is 2.32. The highest BCUT2D eigenvalue weighted by molar-refractivity contribution is 5.81. The summed E-state index contributed by atoms with van der Waals surface area (Å²) < 4.78 is 5.87.